The number of amides is 1. The smallest absolute Gasteiger partial charge is 0.475 e. The number of rotatable bonds is 4. The minimum absolute atomic E-state index is 0.131. The van der Waals surface area contributed by atoms with Gasteiger partial charge >= 0.3 is 12.1 Å². The average Bonchev–Trinajstić information content (AvgIpc) is 3.35. The fourth-order valence-corrected chi connectivity index (χ4v) is 2.70. The summed E-state index contributed by atoms with van der Waals surface area (Å²) in [7, 11) is 0. The zero-order chi connectivity index (χ0) is 22.3. The molecule has 2 aromatic rings. The summed E-state index contributed by atoms with van der Waals surface area (Å²) in [6, 6.07) is 9.47. The molecule has 1 amide bonds. The molecule has 0 saturated carbocycles. The van der Waals surface area contributed by atoms with Crippen molar-refractivity contribution in [3.8, 4) is 11.8 Å². The third-order valence-electron chi connectivity index (χ3n) is 4.39. The second kappa shape index (κ2) is 9.84. The number of carboxylic acid groups (broad SMARTS) is 1. The molecule has 1 aliphatic rings. The van der Waals surface area contributed by atoms with Gasteiger partial charge in [0.1, 0.15) is 6.33 Å². The van der Waals surface area contributed by atoms with Crippen LogP contribution in [0.1, 0.15) is 29.5 Å². The molecule has 2 atom stereocenters. The van der Waals surface area contributed by atoms with Crippen molar-refractivity contribution in [2.45, 2.75) is 25.6 Å². The van der Waals surface area contributed by atoms with E-state index in [0.717, 1.165) is 13.0 Å². The van der Waals surface area contributed by atoms with Gasteiger partial charge in [0.2, 0.25) is 5.82 Å². The molecule has 3 N–H and O–H groups in total. The van der Waals surface area contributed by atoms with E-state index in [0.29, 0.717) is 29.8 Å². The fraction of sp³-hybridized carbons (Fsp3) is 0.389. The van der Waals surface area contributed by atoms with Crippen molar-refractivity contribution in [1.82, 2.24) is 25.4 Å². The van der Waals surface area contributed by atoms with Crippen LogP contribution < -0.4 is 10.6 Å². The summed E-state index contributed by atoms with van der Waals surface area (Å²) in [6.07, 6.45) is -2.55. The van der Waals surface area contributed by atoms with Gasteiger partial charge in [-0.25, -0.2) is 14.5 Å². The summed E-state index contributed by atoms with van der Waals surface area (Å²) in [5, 5.41) is 26.5. The summed E-state index contributed by atoms with van der Waals surface area (Å²) in [6.45, 7) is 3.73. The van der Waals surface area contributed by atoms with E-state index in [-0.39, 0.29) is 11.7 Å². The monoisotopic (exact) mass is 424 g/mol. The van der Waals surface area contributed by atoms with Crippen LogP contribution in [0.25, 0.3) is 5.69 Å². The van der Waals surface area contributed by atoms with Crippen LogP contribution in [0.15, 0.2) is 30.6 Å². The second-order valence-electron chi connectivity index (χ2n) is 6.48. The van der Waals surface area contributed by atoms with Gasteiger partial charge in [0.15, 0.2) is 0 Å². The topological polar surface area (TPSA) is 133 Å². The number of aliphatic carboxylic acids is 1. The van der Waals surface area contributed by atoms with Crippen LogP contribution in [0.2, 0.25) is 0 Å². The third kappa shape index (κ3) is 6.28. The first-order chi connectivity index (χ1) is 14.1. The molecule has 1 aliphatic heterocycles. The first-order valence-corrected chi connectivity index (χ1v) is 8.85. The van der Waals surface area contributed by atoms with E-state index in [1.165, 1.54) is 11.0 Å². The first kappa shape index (κ1) is 22.8. The molecule has 3 rings (SSSR count). The molecule has 0 radical (unpaired) electrons. The highest BCUT2D eigenvalue weighted by molar-refractivity contribution is 5.90. The molecule has 160 valence electrons. The molecule has 9 nitrogen and oxygen atoms in total. The molecule has 1 fully saturated rings. The molecule has 0 spiro atoms. The minimum atomic E-state index is -5.08. The van der Waals surface area contributed by atoms with Crippen molar-refractivity contribution in [2.24, 2.45) is 5.92 Å². The van der Waals surface area contributed by atoms with E-state index in [2.05, 4.69) is 33.7 Å². The summed E-state index contributed by atoms with van der Waals surface area (Å²) >= 11 is 0. The van der Waals surface area contributed by atoms with E-state index >= 15 is 0 Å². The lowest BCUT2D eigenvalue weighted by Gasteiger charge is -2.14. The Labute approximate surface area is 169 Å². The van der Waals surface area contributed by atoms with E-state index in [1.54, 1.807) is 18.2 Å². The zero-order valence-corrected chi connectivity index (χ0v) is 15.8. The highest BCUT2D eigenvalue weighted by Crippen LogP contribution is 2.14. The number of hydrogen-bond acceptors (Lipinski definition) is 6. The van der Waals surface area contributed by atoms with Gasteiger partial charge in [-0.1, -0.05) is 6.07 Å². The number of carbonyl (C=O) groups is 2. The number of carbonyl (C=O) groups excluding carboxylic acids is 1. The molecule has 1 aromatic carbocycles. The molecule has 2 heterocycles. The predicted molar refractivity (Wildman–Crippen MR) is 97.7 cm³/mol. The Hall–Kier alpha value is -3.46. The highest BCUT2D eigenvalue weighted by Gasteiger charge is 2.38. The van der Waals surface area contributed by atoms with Crippen molar-refractivity contribution in [3.63, 3.8) is 0 Å². The number of halogens is 3. The van der Waals surface area contributed by atoms with Gasteiger partial charge in [0.05, 0.1) is 17.3 Å². The Morgan fingerprint density at radius 2 is 2.13 bits per heavy atom. The van der Waals surface area contributed by atoms with Crippen molar-refractivity contribution in [1.29, 1.82) is 5.26 Å². The Balaban J connectivity index is 0.000000396. The van der Waals surface area contributed by atoms with Crippen molar-refractivity contribution in [3.05, 3.63) is 42.0 Å². The summed E-state index contributed by atoms with van der Waals surface area (Å²) in [4.78, 5) is 25.1. The number of nitrogens with one attached hydrogen (secondary N) is 2. The number of nitrogens with zero attached hydrogens (tertiary/aromatic N) is 4. The number of benzene rings is 1. The Kier molecular flexibility index (Phi) is 7.48. The summed E-state index contributed by atoms with van der Waals surface area (Å²) < 4.78 is 33.2. The van der Waals surface area contributed by atoms with E-state index in [4.69, 9.17) is 15.2 Å². The zero-order valence-electron chi connectivity index (χ0n) is 15.8. The Morgan fingerprint density at radius 3 is 2.70 bits per heavy atom. The van der Waals surface area contributed by atoms with Crippen LogP contribution >= 0.6 is 0 Å². The number of nitriles is 1. The van der Waals surface area contributed by atoms with Crippen LogP contribution in [0.4, 0.5) is 13.2 Å². The van der Waals surface area contributed by atoms with Gasteiger partial charge in [-0.3, -0.25) is 4.79 Å². The Bertz CT molecular complexity index is 938. The van der Waals surface area contributed by atoms with E-state index in [1.807, 2.05) is 6.07 Å². The lowest BCUT2D eigenvalue weighted by atomic mass is 10.0. The highest BCUT2D eigenvalue weighted by atomic mass is 19.4. The first-order valence-electron chi connectivity index (χ1n) is 8.85. The van der Waals surface area contributed by atoms with Crippen LogP contribution in [0, 0.1) is 17.2 Å². The molecular formula is C18H19F3N6O3. The minimum Gasteiger partial charge on any atom is -0.475 e. The standard InChI is InChI=1S/C16H18N6O.C2HF3O2/c1-11-13(5-6-18-11)9-19-16(23)15-20-10-22(21-15)14-4-2-3-12(7-14)8-17;3-2(4,5)1(6)7/h2-4,7,10-11,13,18H,5-6,9H2,1H3,(H,19,23);(H,6,7)/t11-,13-;/m1./s1. The van der Waals surface area contributed by atoms with Crippen LogP contribution in [-0.4, -0.2) is 57.1 Å². The number of alkyl halides is 3. The quantitative estimate of drug-likeness (QED) is 0.677. The largest absolute Gasteiger partial charge is 0.490 e. The van der Waals surface area contributed by atoms with Crippen LogP contribution in [0.5, 0.6) is 0 Å². The van der Waals surface area contributed by atoms with Gasteiger partial charge in [-0.05, 0) is 44.0 Å². The SMILES string of the molecule is C[C@H]1NCC[C@@H]1CNC(=O)c1ncn(-c2cccc(C#N)c2)n1.O=C(O)C(F)(F)F. The van der Waals surface area contributed by atoms with Gasteiger partial charge in [-0.2, -0.15) is 18.4 Å². The van der Waals surface area contributed by atoms with Gasteiger partial charge in [0.25, 0.3) is 5.91 Å². The number of aromatic nitrogens is 3. The molecule has 0 bridgehead atoms. The summed E-state index contributed by atoms with van der Waals surface area (Å²) in [5.41, 5.74) is 1.23. The molecule has 1 saturated heterocycles. The maximum absolute atomic E-state index is 12.2. The maximum atomic E-state index is 12.2. The maximum Gasteiger partial charge on any atom is 0.490 e. The van der Waals surface area contributed by atoms with Gasteiger partial charge < -0.3 is 15.7 Å². The normalized spacial score (nSPS) is 18.1. The van der Waals surface area contributed by atoms with Crippen molar-refractivity contribution < 1.29 is 27.9 Å². The summed E-state index contributed by atoms with van der Waals surface area (Å²) in [5.74, 6) is -2.47. The van der Waals surface area contributed by atoms with Crippen LogP contribution in [0.3, 0.4) is 0 Å². The fourth-order valence-electron chi connectivity index (χ4n) is 2.70. The van der Waals surface area contributed by atoms with Crippen molar-refractivity contribution >= 4 is 11.9 Å². The van der Waals surface area contributed by atoms with Gasteiger partial charge in [-0.15, -0.1) is 5.10 Å². The molecule has 0 unspecified atom stereocenters. The average molecular weight is 424 g/mol. The molecule has 30 heavy (non-hydrogen) atoms. The molecule has 0 aliphatic carbocycles. The molecule has 12 heteroatoms. The Morgan fingerprint density at radius 1 is 1.43 bits per heavy atom. The lowest BCUT2D eigenvalue weighted by Crippen LogP contribution is -2.34. The molecule has 1 aromatic heterocycles. The number of hydrogen-bond donors (Lipinski definition) is 3. The molecular weight excluding hydrogens is 405 g/mol. The van der Waals surface area contributed by atoms with E-state index < -0.39 is 12.1 Å². The van der Waals surface area contributed by atoms with Crippen molar-refractivity contribution in [2.75, 3.05) is 13.1 Å². The van der Waals surface area contributed by atoms with Crippen LogP contribution in [-0.2, 0) is 4.79 Å². The van der Waals surface area contributed by atoms with Gasteiger partial charge in [0, 0.05) is 12.6 Å². The van der Waals surface area contributed by atoms with E-state index in [9.17, 15) is 18.0 Å². The lowest BCUT2D eigenvalue weighted by molar-refractivity contribution is -0.192. The number of carboxylic acids is 1. The predicted octanol–water partition coefficient (Wildman–Crippen LogP) is 1.50. The third-order valence-corrected chi connectivity index (χ3v) is 4.39. The second-order valence-corrected chi connectivity index (χ2v) is 6.48.